The number of Topliss-reactive ketones (excluding diaryl/α,β-unsaturated/α-hetero) is 2. The highest BCUT2D eigenvalue weighted by atomic mass is 35.5. The molecule has 1 aromatic heterocycles. The largest absolute Gasteiger partial charge is 0.366 e. The van der Waals surface area contributed by atoms with E-state index in [-0.39, 0.29) is 34.0 Å². The second-order valence-corrected chi connectivity index (χ2v) is 7.85. The van der Waals surface area contributed by atoms with Gasteiger partial charge in [0.1, 0.15) is 10.7 Å². The number of ketones is 2. The first kappa shape index (κ1) is 16.5. The molecule has 0 unspecified atom stereocenters. The lowest BCUT2D eigenvalue weighted by Gasteiger charge is -2.44. The molecule has 0 N–H and O–H groups in total. The zero-order valence-electron chi connectivity index (χ0n) is 14.5. The zero-order chi connectivity index (χ0) is 18.7. The molecule has 0 spiro atoms. The Bertz CT molecular complexity index is 1080. The van der Waals surface area contributed by atoms with Crippen molar-refractivity contribution in [2.45, 2.75) is 18.9 Å². The monoisotopic (exact) mass is 380 g/mol. The first-order valence-electron chi connectivity index (χ1n) is 9.07. The number of pyridine rings is 1. The lowest BCUT2D eigenvalue weighted by Crippen LogP contribution is -2.48. The van der Waals surface area contributed by atoms with Gasteiger partial charge in [0.05, 0.1) is 0 Å². The van der Waals surface area contributed by atoms with Crippen LogP contribution in [0.3, 0.4) is 0 Å². The molecule has 136 valence electrons. The maximum atomic E-state index is 13.1. The highest BCUT2D eigenvalue weighted by Crippen LogP contribution is 2.39. The Kier molecular flexibility index (Phi) is 3.62. The fraction of sp³-hybridized carbons (Fsp3) is 0.286. The lowest BCUT2D eigenvalue weighted by molar-refractivity contribution is 0.0895. The molecule has 3 aliphatic rings. The number of likely N-dealkylation sites (tertiary alicyclic amines) is 1. The van der Waals surface area contributed by atoms with Crippen LogP contribution >= 0.6 is 11.6 Å². The molecule has 0 amide bonds. The van der Waals surface area contributed by atoms with Crippen molar-refractivity contribution in [3.8, 4) is 0 Å². The predicted molar refractivity (Wildman–Crippen MR) is 101 cm³/mol. The summed E-state index contributed by atoms with van der Waals surface area (Å²) in [5.74, 6) is -0.105. The minimum Gasteiger partial charge on any atom is -0.366 e. The molecule has 6 heteroatoms. The summed E-state index contributed by atoms with van der Waals surface area (Å²) in [7, 11) is 0. The second-order valence-electron chi connectivity index (χ2n) is 7.47. The van der Waals surface area contributed by atoms with Crippen molar-refractivity contribution < 1.29 is 9.59 Å². The average Bonchev–Trinajstić information content (AvgIpc) is 2.67. The lowest BCUT2D eigenvalue weighted by atomic mass is 9.82. The molecule has 1 aliphatic carbocycles. The molecule has 1 saturated heterocycles. The Morgan fingerprint density at radius 2 is 1.59 bits per heavy atom. The maximum absolute atomic E-state index is 13.1. The third-order valence-electron chi connectivity index (χ3n) is 5.83. The van der Waals surface area contributed by atoms with E-state index < -0.39 is 0 Å². The van der Waals surface area contributed by atoms with E-state index in [2.05, 4.69) is 0 Å². The van der Waals surface area contributed by atoms with Crippen molar-refractivity contribution >= 4 is 23.2 Å². The van der Waals surface area contributed by atoms with E-state index in [0.29, 0.717) is 36.5 Å². The zero-order valence-corrected chi connectivity index (χ0v) is 15.3. The number of nitrogens with zero attached hydrogens (tertiary/aromatic N) is 2. The smallest absolute Gasteiger partial charge is 0.250 e. The summed E-state index contributed by atoms with van der Waals surface area (Å²) in [5.41, 5.74) is 2.10. The number of rotatable bonds is 1. The Morgan fingerprint density at radius 3 is 2.37 bits per heavy atom. The minimum absolute atomic E-state index is 0.00382. The molecule has 5 rings (SSSR count). The van der Waals surface area contributed by atoms with Gasteiger partial charge < -0.3 is 9.47 Å². The van der Waals surface area contributed by atoms with E-state index in [1.807, 2.05) is 15.5 Å². The van der Waals surface area contributed by atoms with Crippen LogP contribution in [0.25, 0.3) is 0 Å². The Morgan fingerprint density at radius 1 is 0.852 bits per heavy atom. The van der Waals surface area contributed by atoms with Gasteiger partial charge in [0.15, 0.2) is 0 Å². The van der Waals surface area contributed by atoms with Crippen molar-refractivity contribution in [2.24, 2.45) is 5.92 Å². The van der Waals surface area contributed by atoms with Gasteiger partial charge in [-0.15, -0.1) is 0 Å². The number of benzene rings is 1. The third kappa shape index (κ3) is 2.42. The van der Waals surface area contributed by atoms with Crippen molar-refractivity contribution in [3.05, 3.63) is 80.4 Å². The van der Waals surface area contributed by atoms with Gasteiger partial charge in [-0.2, -0.15) is 0 Å². The molecular formula is C21H17ClN2O3. The third-order valence-corrected chi connectivity index (χ3v) is 6.19. The molecule has 1 aromatic carbocycles. The number of carbonyl (C=O) groups is 2. The molecule has 0 saturated carbocycles. The number of carbonyl (C=O) groups excluding carboxylic acids is 2. The Labute approximate surface area is 160 Å². The second kappa shape index (κ2) is 5.92. The summed E-state index contributed by atoms with van der Waals surface area (Å²) in [6.07, 6.45) is 0.976. The van der Waals surface area contributed by atoms with Crippen molar-refractivity contribution in [1.82, 2.24) is 9.47 Å². The van der Waals surface area contributed by atoms with Crippen LogP contribution in [0.2, 0.25) is 0 Å². The molecule has 2 aliphatic heterocycles. The number of hydrogen-bond donors (Lipinski definition) is 0. The summed E-state index contributed by atoms with van der Waals surface area (Å²) in [4.78, 5) is 39.9. The van der Waals surface area contributed by atoms with E-state index in [1.165, 1.54) is 0 Å². The summed E-state index contributed by atoms with van der Waals surface area (Å²) >= 11 is 6.38. The van der Waals surface area contributed by atoms with Gasteiger partial charge in [0.2, 0.25) is 11.6 Å². The number of halogens is 1. The van der Waals surface area contributed by atoms with E-state index in [4.69, 9.17) is 11.6 Å². The summed E-state index contributed by atoms with van der Waals surface area (Å²) in [5, 5.41) is 0.00382. The average molecular weight is 381 g/mol. The summed E-state index contributed by atoms with van der Waals surface area (Å²) in [6, 6.07) is 12.2. The van der Waals surface area contributed by atoms with Gasteiger partial charge in [0, 0.05) is 48.4 Å². The van der Waals surface area contributed by atoms with E-state index >= 15 is 0 Å². The maximum Gasteiger partial charge on any atom is 0.250 e. The number of piperidine rings is 1. The SMILES string of the molecule is O=C1C(Cl)=C(N2C[C@H]3C[C@@H](C2)c2cccc(=O)n2C3)C(=O)c2ccccc21. The normalized spacial score (nSPS) is 24.0. The van der Waals surface area contributed by atoms with Crippen LogP contribution in [-0.2, 0) is 6.54 Å². The fourth-order valence-corrected chi connectivity index (χ4v) is 5.00. The van der Waals surface area contributed by atoms with Gasteiger partial charge in [-0.25, -0.2) is 0 Å². The molecule has 2 bridgehead atoms. The number of aromatic nitrogens is 1. The molecule has 3 heterocycles. The molecule has 2 aromatic rings. The topological polar surface area (TPSA) is 59.4 Å². The van der Waals surface area contributed by atoms with Crippen LogP contribution < -0.4 is 5.56 Å². The molecule has 2 atom stereocenters. The highest BCUT2D eigenvalue weighted by molar-refractivity contribution is 6.49. The summed E-state index contributed by atoms with van der Waals surface area (Å²) in [6.45, 7) is 1.82. The van der Waals surface area contributed by atoms with Crippen LogP contribution in [0.4, 0.5) is 0 Å². The molecule has 1 fully saturated rings. The van der Waals surface area contributed by atoms with Crippen LogP contribution in [0.1, 0.15) is 38.7 Å². The highest BCUT2D eigenvalue weighted by Gasteiger charge is 2.40. The van der Waals surface area contributed by atoms with Crippen LogP contribution in [0.5, 0.6) is 0 Å². The van der Waals surface area contributed by atoms with Crippen molar-refractivity contribution in [3.63, 3.8) is 0 Å². The first-order valence-corrected chi connectivity index (χ1v) is 9.45. The van der Waals surface area contributed by atoms with Gasteiger partial charge in [0.25, 0.3) is 5.56 Å². The standard InChI is InChI=1S/C21H17ClN2O3/c22-18-19(21(27)15-5-2-1-4-14(15)20(18)26)23-9-12-8-13(11-23)16-6-3-7-17(25)24(16)10-12/h1-7,12-13H,8-11H2/t12-,13+/m1/s1. The van der Waals surface area contributed by atoms with Gasteiger partial charge in [-0.1, -0.05) is 41.9 Å². The van der Waals surface area contributed by atoms with E-state index in [0.717, 1.165) is 12.1 Å². The van der Waals surface area contributed by atoms with E-state index in [9.17, 15) is 14.4 Å². The number of fused-ring (bicyclic) bond motifs is 5. The van der Waals surface area contributed by atoms with Crippen LogP contribution in [0, 0.1) is 5.92 Å². The quantitative estimate of drug-likeness (QED) is 0.763. The Hall–Kier alpha value is -2.66. The molecule has 5 nitrogen and oxygen atoms in total. The van der Waals surface area contributed by atoms with Crippen LogP contribution in [0.15, 0.2) is 58.0 Å². The van der Waals surface area contributed by atoms with Gasteiger partial charge >= 0.3 is 0 Å². The van der Waals surface area contributed by atoms with Gasteiger partial charge in [-0.3, -0.25) is 14.4 Å². The fourth-order valence-electron chi connectivity index (χ4n) is 4.69. The summed E-state index contributed by atoms with van der Waals surface area (Å²) < 4.78 is 1.84. The molecule has 0 radical (unpaired) electrons. The Balaban J connectivity index is 1.55. The molecule has 27 heavy (non-hydrogen) atoms. The van der Waals surface area contributed by atoms with Crippen molar-refractivity contribution in [1.29, 1.82) is 0 Å². The van der Waals surface area contributed by atoms with E-state index in [1.54, 1.807) is 36.4 Å². The van der Waals surface area contributed by atoms with Crippen molar-refractivity contribution in [2.75, 3.05) is 13.1 Å². The van der Waals surface area contributed by atoms with Crippen LogP contribution in [-0.4, -0.2) is 34.1 Å². The number of hydrogen-bond acceptors (Lipinski definition) is 4. The number of allylic oxidation sites excluding steroid dienone is 2. The first-order chi connectivity index (χ1) is 13.0. The minimum atomic E-state index is -0.297. The molecular weight excluding hydrogens is 364 g/mol. The predicted octanol–water partition coefficient (Wildman–Crippen LogP) is 2.80. The van der Waals surface area contributed by atoms with Gasteiger partial charge in [-0.05, 0) is 18.4 Å².